The molecule has 1 saturated heterocycles. The number of fused-ring (bicyclic) bond motifs is 2. The number of ether oxygens (including phenoxy) is 2. The Labute approximate surface area is 158 Å². The van der Waals surface area contributed by atoms with Crippen LogP contribution in [0.25, 0.3) is 10.9 Å². The molecule has 1 aromatic carbocycles. The molecule has 1 aliphatic carbocycles. The summed E-state index contributed by atoms with van der Waals surface area (Å²) in [6.45, 7) is 1.11. The van der Waals surface area contributed by atoms with E-state index < -0.39 is 6.09 Å². The molecule has 1 fully saturated rings. The van der Waals surface area contributed by atoms with Crippen LogP contribution in [0.4, 0.5) is 10.5 Å². The van der Waals surface area contributed by atoms with Crippen LogP contribution in [0.2, 0.25) is 0 Å². The van der Waals surface area contributed by atoms with Gasteiger partial charge >= 0.3 is 6.09 Å². The summed E-state index contributed by atoms with van der Waals surface area (Å²) in [6.07, 6.45) is 4.03. The van der Waals surface area contributed by atoms with Crippen LogP contribution in [-0.4, -0.2) is 54.4 Å². The highest BCUT2D eigenvalue weighted by Gasteiger charge is 2.27. The van der Waals surface area contributed by atoms with E-state index in [1.807, 2.05) is 12.1 Å². The molecule has 27 heavy (non-hydrogen) atoms. The standard InChI is InChI=1S/C20H25N3O4/c1-26-17-9-14-16(10-18(17)27-2)22-15-7-3-6-13(15)19(14)21-12-5-4-8-23(11-12)20(24)25/h9-10,12H,3-8,11H2,1-2H3,(H,21,22)(H,24,25)/t12-/m1/s1. The van der Waals surface area contributed by atoms with Gasteiger partial charge in [0.15, 0.2) is 11.5 Å². The van der Waals surface area contributed by atoms with Crippen LogP contribution in [0.5, 0.6) is 11.5 Å². The summed E-state index contributed by atoms with van der Waals surface area (Å²) in [7, 11) is 3.25. The van der Waals surface area contributed by atoms with Gasteiger partial charge in [0.05, 0.1) is 19.7 Å². The number of likely N-dealkylation sites (tertiary alicyclic amines) is 1. The van der Waals surface area contributed by atoms with Gasteiger partial charge in [0.2, 0.25) is 0 Å². The Morgan fingerprint density at radius 3 is 2.74 bits per heavy atom. The summed E-state index contributed by atoms with van der Waals surface area (Å²) in [6, 6.07) is 3.99. The average molecular weight is 371 g/mol. The van der Waals surface area contributed by atoms with E-state index >= 15 is 0 Å². The number of hydrogen-bond donors (Lipinski definition) is 2. The van der Waals surface area contributed by atoms with Gasteiger partial charge in [0.25, 0.3) is 0 Å². The SMILES string of the molecule is COc1cc2nc3c(c(N[C@@H]4CCCN(C(=O)O)C4)c2cc1OC)CCC3. The predicted octanol–water partition coefficient (Wildman–Crippen LogP) is 3.30. The van der Waals surface area contributed by atoms with Gasteiger partial charge < -0.3 is 24.8 Å². The van der Waals surface area contributed by atoms with Crippen LogP contribution in [0.3, 0.4) is 0 Å². The van der Waals surface area contributed by atoms with Crippen LogP contribution >= 0.6 is 0 Å². The lowest BCUT2D eigenvalue weighted by Gasteiger charge is -2.32. The zero-order valence-corrected chi connectivity index (χ0v) is 15.7. The number of pyridine rings is 1. The summed E-state index contributed by atoms with van der Waals surface area (Å²) >= 11 is 0. The highest BCUT2D eigenvalue weighted by molar-refractivity contribution is 5.96. The molecular formula is C20H25N3O4. The molecule has 1 amide bonds. The number of nitrogens with zero attached hydrogens (tertiary/aromatic N) is 2. The Balaban J connectivity index is 1.77. The molecule has 2 heterocycles. The lowest BCUT2D eigenvalue weighted by molar-refractivity contribution is 0.133. The van der Waals surface area contributed by atoms with Crippen molar-refractivity contribution in [3.63, 3.8) is 0 Å². The summed E-state index contributed by atoms with van der Waals surface area (Å²) in [5.41, 5.74) is 4.33. The van der Waals surface area contributed by atoms with E-state index in [4.69, 9.17) is 14.5 Å². The molecule has 2 N–H and O–H groups in total. The predicted molar refractivity (Wildman–Crippen MR) is 103 cm³/mol. The van der Waals surface area contributed by atoms with Crippen LogP contribution in [0.1, 0.15) is 30.5 Å². The Hall–Kier alpha value is -2.70. The summed E-state index contributed by atoms with van der Waals surface area (Å²) in [5, 5.41) is 14.0. The minimum atomic E-state index is -0.849. The normalized spacial score (nSPS) is 19.0. The number of carboxylic acid groups (broad SMARTS) is 1. The molecule has 1 aliphatic heterocycles. The third-order valence-electron chi connectivity index (χ3n) is 5.56. The third kappa shape index (κ3) is 3.22. The second-order valence-electron chi connectivity index (χ2n) is 7.20. The quantitative estimate of drug-likeness (QED) is 0.858. The van der Waals surface area contributed by atoms with Crippen molar-refractivity contribution in [2.75, 3.05) is 32.6 Å². The smallest absolute Gasteiger partial charge is 0.407 e. The summed E-state index contributed by atoms with van der Waals surface area (Å²) in [4.78, 5) is 17.7. The Morgan fingerprint density at radius 2 is 2.00 bits per heavy atom. The minimum absolute atomic E-state index is 0.0956. The molecule has 7 heteroatoms. The van der Waals surface area contributed by atoms with Gasteiger partial charge in [-0.3, -0.25) is 4.98 Å². The molecule has 0 radical (unpaired) electrons. The number of anilines is 1. The molecule has 2 aromatic rings. The minimum Gasteiger partial charge on any atom is -0.493 e. The van der Waals surface area contributed by atoms with E-state index in [0.29, 0.717) is 24.6 Å². The molecule has 1 aromatic heterocycles. The first-order chi connectivity index (χ1) is 13.1. The monoisotopic (exact) mass is 371 g/mol. The Morgan fingerprint density at radius 1 is 1.22 bits per heavy atom. The number of amides is 1. The van der Waals surface area contributed by atoms with E-state index in [1.165, 1.54) is 10.5 Å². The molecule has 7 nitrogen and oxygen atoms in total. The van der Waals surface area contributed by atoms with Crippen molar-refractivity contribution in [1.82, 2.24) is 9.88 Å². The van der Waals surface area contributed by atoms with Gasteiger partial charge in [-0.25, -0.2) is 4.79 Å². The van der Waals surface area contributed by atoms with E-state index in [-0.39, 0.29) is 6.04 Å². The maximum Gasteiger partial charge on any atom is 0.407 e. The van der Waals surface area contributed by atoms with Crippen molar-refractivity contribution in [3.8, 4) is 11.5 Å². The lowest BCUT2D eigenvalue weighted by atomic mass is 10.0. The van der Waals surface area contributed by atoms with Gasteiger partial charge in [-0.05, 0) is 43.7 Å². The van der Waals surface area contributed by atoms with Crippen molar-refractivity contribution in [3.05, 3.63) is 23.4 Å². The van der Waals surface area contributed by atoms with Crippen molar-refractivity contribution in [1.29, 1.82) is 0 Å². The summed E-state index contributed by atoms with van der Waals surface area (Å²) < 4.78 is 10.9. The van der Waals surface area contributed by atoms with Gasteiger partial charge in [-0.15, -0.1) is 0 Å². The maximum absolute atomic E-state index is 11.4. The largest absolute Gasteiger partial charge is 0.493 e. The zero-order valence-electron chi connectivity index (χ0n) is 15.7. The Kier molecular flexibility index (Phi) is 4.68. The van der Waals surface area contributed by atoms with Crippen molar-refractivity contribution in [2.45, 2.75) is 38.1 Å². The van der Waals surface area contributed by atoms with Gasteiger partial charge in [0, 0.05) is 42.0 Å². The topological polar surface area (TPSA) is 83.9 Å². The van der Waals surface area contributed by atoms with Gasteiger partial charge in [0.1, 0.15) is 0 Å². The lowest BCUT2D eigenvalue weighted by Crippen LogP contribution is -2.44. The first kappa shape index (κ1) is 17.7. The van der Waals surface area contributed by atoms with Crippen LogP contribution in [0, 0.1) is 0 Å². The van der Waals surface area contributed by atoms with Gasteiger partial charge in [-0.2, -0.15) is 0 Å². The van der Waals surface area contributed by atoms with Crippen LogP contribution in [-0.2, 0) is 12.8 Å². The fourth-order valence-electron chi connectivity index (χ4n) is 4.23. The number of methoxy groups -OCH3 is 2. The number of benzene rings is 1. The number of rotatable bonds is 4. The first-order valence-corrected chi connectivity index (χ1v) is 9.42. The third-order valence-corrected chi connectivity index (χ3v) is 5.56. The van der Waals surface area contributed by atoms with Crippen molar-refractivity contribution >= 4 is 22.7 Å². The molecule has 2 aliphatic rings. The van der Waals surface area contributed by atoms with Gasteiger partial charge in [-0.1, -0.05) is 0 Å². The average Bonchev–Trinajstić information content (AvgIpc) is 3.15. The number of hydrogen-bond acceptors (Lipinski definition) is 5. The molecule has 0 unspecified atom stereocenters. The van der Waals surface area contributed by atoms with E-state index in [0.717, 1.165) is 54.4 Å². The van der Waals surface area contributed by atoms with Crippen molar-refractivity contribution < 1.29 is 19.4 Å². The van der Waals surface area contributed by atoms with Crippen molar-refractivity contribution in [2.24, 2.45) is 0 Å². The number of piperidine rings is 1. The van der Waals surface area contributed by atoms with Crippen LogP contribution in [0.15, 0.2) is 12.1 Å². The molecular weight excluding hydrogens is 346 g/mol. The fraction of sp³-hybridized carbons (Fsp3) is 0.500. The number of nitrogens with one attached hydrogen (secondary N) is 1. The van der Waals surface area contributed by atoms with E-state index in [9.17, 15) is 9.90 Å². The summed E-state index contributed by atoms with van der Waals surface area (Å²) in [5.74, 6) is 1.33. The molecule has 0 spiro atoms. The highest BCUT2D eigenvalue weighted by Crippen LogP contribution is 2.40. The molecule has 1 atom stereocenters. The fourth-order valence-corrected chi connectivity index (χ4v) is 4.23. The van der Waals surface area contributed by atoms with E-state index in [1.54, 1.807) is 14.2 Å². The Bertz CT molecular complexity index is 883. The van der Waals surface area contributed by atoms with E-state index in [2.05, 4.69) is 5.32 Å². The zero-order chi connectivity index (χ0) is 19.0. The molecule has 0 saturated carbocycles. The number of aryl methyl sites for hydroxylation is 1. The highest BCUT2D eigenvalue weighted by atomic mass is 16.5. The first-order valence-electron chi connectivity index (χ1n) is 9.42. The van der Waals surface area contributed by atoms with Crippen LogP contribution < -0.4 is 14.8 Å². The second kappa shape index (κ2) is 7.13. The molecule has 4 rings (SSSR count). The second-order valence-corrected chi connectivity index (χ2v) is 7.20. The molecule has 0 bridgehead atoms. The number of carbonyl (C=O) groups is 1. The molecule has 144 valence electrons. The number of aromatic nitrogens is 1. The maximum atomic E-state index is 11.4.